The molecule has 3 N–H and O–H groups in total. The monoisotopic (exact) mass is 478 g/mol. The first-order valence-corrected chi connectivity index (χ1v) is 12.0. The lowest BCUT2D eigenvalue weighted by atomic mass is 10.0. The molecule has 0 aliphatic heterocycles. The maximum absolute atomic E-state index is 11.6. The van der Waals surface area contributed by atoms with E-state index in [1.165, 1.54) is 12.5 Å². The van der Waals surface area contributed by atoms with Crippen LogP contribution in [0.25, 0.3) is 44.3 Å². The van der Waals surface area contributed by atoms with Crippen LogP contribution in [0.1, 0.15) is 39.8 Å². The zero-order chi connectivity index (χ0) is 26.1. The highest BCUT2D eigenvalue weighted by Crippen LogP contribution is 2.35. The number of rotatable bonds is 4. The molecule has 0 unspecified atom stereocenters. The molecule has 5 aromatic rings. The van der Waals surface area contributed by atoms with Crippen molar-refractivity contribution < 1.29 is 4.79 Å². The van der Waals surface area contributed by atoms with E-state index in [4.69, 9.17) is 0 Å². The smallest absolute Gasteiger partial charge is 0.247 e. The molecule has 36 heavy (non-hydrogen) atoms. The number of anilines is 1. The molecule has 0 aliphatic carbocycles. The Balaban J connectivity index is 0.000000674. The van der Waals surface area contributed by atoms with Crippen molar-refractivity contribution in [2.24, 2.45) is 0 Å². The summed E-state index contributed by atoms with van der Waals surface area (Å²) in [5, 5.41) is 13.8. The number of pyridine rings is 2. The zero-order valence-corrected chi connectivity index (χ0v) is 21.0. The number of amides is 1. The quantitative estimate of drug-likeness (QED) is 0.237. The molecule has 0 aliphatic rings. The molecule has 7 nitrogen and oxygen atoms in total. The van der Waals surface area contributed by atoms with Crippen LogP contribution in [0.4, 0.5) is 5.69 Å². The third-order valence-electron chi connectivity index (χ3n) is 5.12. The van der Waals surface area contributed by atoms with Gasteiger partial charge in [-0.25, -0.2) is 9.97 Å². The Labute approximate surface area is 210 Å². The van der Waals surface area contributed by atoms with E-state index in [1.54, 1.807) is 18.5 Å². The van der Waals surface area contributed by atoms with Crippen molar-refractivity contribution in [3.05, 3.63) is 79.4 Å². The lowest BCUT2D eigenvalue weighted by Crippen LogP contribution is -2.06. The lowest BCUT2D eigenvalue weighted by molar-refractivity contribution is -0.111. The first-order chi connectivity index (χ1) is 17.6. The van der Waals surface area contributed by atoms with Crippen molar-refractivity contribution >= 4 is 33.7 Å². The van der Waals surface area contributed by atoms with Crippen LogP contribution in [-0.2, 0) is 4.79 Å². The minimum atomic E-state index is -0.261. The summed E-state index contributed by atoms with van der Waals surface area (Å²) in [5.74, 6) is -0.261. The summed E-state index contributed by atoms with van der Waals surface area (Å²) in [6, 6.07) is 15.5. The van der Waals surface area contributed by atoms with Gasteiger partial charge in [-0.1, -0.05) is 52.8 Å². The van der Waals surface area contributed by atoms with Crippen molar-refractivity contribution in [1.82, 2.24) is 19.9 Å². The first-order valence-electron chi connectivity index (χ1n) is 12.0. The molecule has 0 saturated heterocycles. The molecule has 1 aromatic carbocycles. The van der Waals surface area contributed by atoms with E-state index in [1.807, 2.05) is 50.4 Å². The van der Waals surface area contributed by atoms with E-state index in [-0.39, 0.29) is 5.91 Å². The van der Waals surface area contributed by atoms with Gasteiger partial charge in [0, 0.05) is 46.2 Å². The summed E-state index contributed by atoms with van der Waals surface area (Å²) in [6.45, 7) is 11.7. The van der Waals surface area contributed by atoms with Gasteiger partial charge in [0.25, 0.3) is 0 Å². The topological polar surface area (TPSA) is 110 Å². The number of fused-ring (bicyclic) bond motifs is 2. The molecule has 1 amide bonds. The largest absolute Gasteiger partial charge is 0.346 e. The van der Waals surface area contributed by atoms with E-state index < -0.39 is 0 Å². The summed E-state index contributed by atoms with van der Waals surface area (Å²) in [5.41, 5.74) is 6.35. The van der Waals surface area contributed by atoms with Gasteiger partial charge in [-0.2, -0.15) is 5.26 Å². The fourth-order valence-corrected chi connectivity index (χ4v) is 3.68. The Kier molecular flexibility index (Phi) is 8.73. The van der Waals surface area contributed by atoms with Crippen molar-refractivity contribution in [2.45, 2.75) is 34.1 Å². The van der Waals surface area contributed by atoms with Gasteiger partial charge in [-0.15, -0.1) is 0 Å². The molecule has 4 aromatic heterocycles. The fourth-order valence-electron chi connectivity index (χ4n) is 3.68. The van der Waals surface area contributed by atoms with Crippen molar-refractivity contribution in [3.8, 4) is 28.3 Å². The zero-order valence-electron chi connectivity index (χ0n) is 21.0. The van der Waals surface area contributed by atoms with Gasteiger partial charge in [-0.3, -0.25) is 4.79 Å². The standard InChI is InChI=1S/C24H16N6O.C3H8.C2H6/c1-2-22(31)29-16-5-3-4-14(8-16)15-9-19-21(13-28-23(19)27-12-15)18-6-7-26-24-20(18)10-17(11-25)30-24;1-3-2;1-2/h2-10,12-13H,1H2,(H,26,30)(H,27,28)(H,29,31);3H2,1-2H3;1-2H3. The van der Waals surface area contributed by atoms with E-state index >= 15 is 0 Å². The minimum Gasteiger partial charge on any atom is -0.346 e. The number of carbonyl (C=O) groups is 1. The highest BCUT2D eigenvalue weighted by molar-refractivity contribution is 6.04. The Morgan fingerprint density at radius 2 is 1.81 bits per heavy atom. The van der Waals surface area contributed by atoms with E-state index in [0.717, 1.165) is 38.7 Å². The number of hydrogen-bond acceptors (Lipinski definition) is 4. The number of aromatic amines is 2. The van der Waals surface area contributed by atoms with Crippen LogP contribution in [0.3, 0.4) is 0 Å². The van der Waals surface area contributed by atoms with Crippen molar-refractivity contribution in [2.75, 3.05) is 5.32 Å². The van der Waals surface area contributed by atoms with Crippen LogP contribution in [0, 0.1) is 11.3 Å². The number of hydrogen-bond donors (Lipinski definition) is 3. The maximum Gasteiger partial charge on any atom is 0.247 e. The number of nitrogens with one attached hydrogen (secondary N) is 3. The number of carbonyl (C=O) groups excluding carboxylic acids is 1. The van der Waals surface area contributed by atoms with Crippen LogP contribution in [0.5, 0.6) is 0 Å². The molecule has 4 heterocycles. The Bertz CT molecular complexity index is 1540. The molecule has 5 rings (SSSR count). The van der Waals surface area contributed by atoms with Gasteiger partial charge in [0.05, 0.1) is 0 Å². The summed E-state index contributed by atoms with van der Waals surface area (Å²) >= 11 is 0. The van der Waals surface area contributed by atoms with E-state index in [2.05, 4.69) is 57.8 Å². The Morgan fingerprint density at radius 1 is 1.06 bits per heavy atom. The molecule has 0 spiro atoms. The van der Waals surface area contributed by atoms with E-state index in [9.17, 15) is 10.1 Å². The second-order valence-corrected chi connectivity index (χ2v) is 7.72. The maximum atomic E-state index is 11.6. The van der Waals surface area contributed by atoms with E-state index in [0.29, 0.717) is 17.0 Å². The van der Waals surface area contributed by atoms with Gasteiger partial charge in [0.15, 0.2) is 0 Å². The highest BCUT2D eigenvalue weighted by atomic mass is 16.1. The highest BCUT2D eigenvalue weighted by Gasteiger charge is 2.14. The third kappa shape index (κ3) is 5.50. The number of aromatic nitrogens is 4. The molecule has 0 bridgehead atoms. The summed E-state index contributed by atoms with van der Waals surface area (Å²) < 4.78 is 0. The number of nitriles is 1. The summed E-state index contributed by atoms with van der Waals surface area (Å²) in [4.78, 5) is 26.8. The van der Waals surface area contributed by atoms with Crippen LogP contribution in [-0.4, -0.2) is 25.8 Å². The molecule has 0 fully saturated rings. The molecular formula is C29H30N6O. The average molecular weight is 479 g/mol. The molecule has 0 radical (unpaired) electrons. The number of benzene rings is 1. The van der Waals surface area contributed by atoms with Crippen LogP contribution in [0.2, 0.25) is 0 Å². The molecule has 0 atom stereocenters. The van der Waals surface area contributed by atoms with Crippen LogP contribution >= 0.6 is 0 Å². The molecule has 0 saturated carbocycles. The predicted molar refractivity (Wildman–Crippen MR) is 147 cm³/mol. The lowest BCUT2D eigenvalue weighted by Gasteiger charge is -2.07. The Hall–Kier alpha value is -4.70. The second kappa shape index (κ2) is 12.1. The van der Waals surface area contributed by atoms with Crippen molar-refractivity contribution in [3.63, 3.8) is 0 Å². The fraction of sp³-hybridized carbons (Fsp3) is 0.172. The van der Waals surface area contributed by atoms with Gasteiger partial charge >= 0.3 is 0 Å². The summed E-state index contributed by atoms with van der Waals surface area (Å²) in [6.07, 6.45) is 7.91. The molecule has 182 valence electrons. The van der Waals surface area contributed by atoms with Gasteiger partial charge in [-0.05, 0) is 47.5 Å². The van der Waals surface area contributed by atoms with Crippen molar-refractivity contribution in [1.29, 1.82) is 5.26 Å². The van der Waals surface area contributed by atoms with Crippen LogP contribution in [0.15, 0.2) is 73.7 Å². The Morgan fingerprint density at radius 3 is 2.53 bits per heavy atom. The second-order valence-electron chi connectivity index (χ2n) is 7.72. The van der Waals surface area contributed by atoms with Gasteiger partial charge < -0.3 is 15.3 Å². The van der Waals surface area contributed by atoms with Gasteiger partial charge in [0.1, 0.15) is 23.1 Å². The predicted octanol–water partition coefficient (Wildman–Crippen LogP) is 7.21. The number of nitrogens with zero attached hydrogens (tertiary/aromatic N) is 3. The minimum absolute atomic E-state index is 0.261. The summed E-state index contributed by atoms with van der Waals surface area (Å²) in [7, 11) is 0. The van der Waals surface area contributed by atoms with Gasteiger partial charge in [0.2, 0.25) is 5.91 Å². The molecule has 7 heteroatoms. The van der Waals surface area contributed by atoms with Crippen LogP contribution < -0.4 is 5.32 Å². The number of H-pyrrole nitrogens is 2. The molecular weight excluding hydrogens is 448 g/mol. The SMILES string of the molecule is C=CC(=O)Nc1cccc(-c2cnc3[nH]cc(-c4ccnc5[nH]c(C#N)cc45)c3c2)c1.CC.CCC. The normalized spacial score (nSPS) is 9.97. The first kappa shape index (κ1) is 25.9. The average Bonchev–Trinajstić information content (AvgIpc) is 3.54. The third-order valence-corrected chi connectivity index (χ3v) is 5.12.